The van der Waals surface area contributed by atoms with Gasteiger partial charge in [0.15, 0.2) is 0 Å². The second-order valence-electron chi connectivity index (χ2n) is 5.53. The standard InChI is InChI=1S/C18H18N4O2S/c1-12-6-5-7-13(2)15(12)19-18(24)21-20-17(23)16-14(8-11-25-16)22-9-3-4-10-22/h3-11H,1-2H3,(H,20,23)(H2,19,21,24). The Morgan fingerprint density at radius 1 is 0.960 bits per heavy atom. The minimum Gasteiger partial charge on any atom is -0.322 e. The van der Waals surface area contributed by atoms with Crippen LogP contribution in [0.3, 0.4) is 0 Å². The van der Waals surface area contributed by atoms with E-state index in [-0.39, 0.29) is 5.91 Å². The Bertz CT molecular complexity index is 879. The van der Waals surface area contributed by atoms with Gasteiger partial charge in [-0.05, 0) is 48.6 Å². The molecule has 3 aromatic rings. The summed E-state index contributed by atoms with van der Waals surface area (Å²) >= 11 is 1.31. The van der Waals surface area contributed by atoms with Crippen molar-refractivity contribution in [2.75, 3.05) is 5.32 Å². The second kappa shape index (κ2) is 7.23. The van der Waals surface area contributed by atoms with Gasteiger partial charge in [0.05, 0.1) is 5.69 Å². The number of nitrogens with zero attached hydrogens (tertiary/aromatic N) is 1. The molecular formula is C18H18N4O2S. The quantitative estimate of drug-likeness (QED) is 0.628. The summed E-state index contributed by atoms with van der Waals surface area (Å²) in [4.78, 5) is 24.9. The fourth-order valence-corrected chi connectivity index (χ4v) is 3.28. The molecule has 3 rings (SSSR count). The average Bonchev–Trinajstić information content (AvgIpc) is 3.26. The van der Waals surface area contributed by atoms with Crippen LogP contribution in [0, 0.1) is 13.8 Å². The van der Waals surface area contributed by atoms with E-state index in [0.717, 1.165) is 22.5 Å². The SMILES string of the molecule is Cc1cccc(C)c1NC(=O)NNC(=O)c1sccc1-n1cccc1. The zero-order valence-electron chi connectivity index (χ0n) is 13.9. The van der Waals surface area contributed by atoms with Crippen LogP contribution in [0.1, 0.15) is 20.8 Å². The number of rotatable bonds is 3. The average molecular weight is 354 g/mol. The minimum absolute atomic E-state index is 0.365. The first kappa shape index (κ1) is 16.8. The van der Waals surface area contributed by atoms with Crippen LogP contribution in [0.25, 0.3) is 5.69 Å². The number of para-hydroxylation sites is 1. The van der Waals surface area contributed by atoms with Crippen molar-refractivity contribution >= 4 is 29.0 Å². The van der Waals surface area contributed by atoms with E-state index < -0.39 is 6.03 Å². The topological polar surface area (TPSA) is 75.2 Å². The molecule has 0 radical (unpaired) electrons. The van der Waals surface area contributed by atoms with Gasteiger partial charge >= 0.3 is 6.03 Å². The van der Waals surface area contributed by atoms with E-state index in [0.29, 0.717) is 4.88 Å². The number of urea groups is 1. The van der Waals surface area contributed by atoms with Gasteiger partial charge in [0.25, 0.3) is 5.91 Å². The van der Waals surface area contributed by atoms with Crippen LogP contribution in [-0.2, 0) is 0 Å². The molecule has 2 aromatic heterocycles. The van der Waals surface area contributed by atoms with Crippen LogP contribution in [0.15, 0.2) is 54.2 Å². The number of hydrogen-bond donors (Lipinski definition) is 3. The molecule has 6 nitrogen and oxygen atoms in total. The highest BCUT2D eigenvalue weighted by Crippen LogP contribution is 2.21. The first-order chi connectivity index (χ1) is 12.1. The van der Waals surface area contributed by atoms with Gasteiger partial charge in [-0.3, -0.25) is 10.2 Å². The Hall–Kier alpha value is -3.06. The molecule has 0 atom stereocenters. The van der Waals surface area contributed by atoms with Crippen molar-refractivity contribution in [2.24, 2.45) is 0 Å². The van der Waals surface area contributed by atoms with Crippen molar-refractivity contribution in [1.29, 1.82) is 0 Å². The number of anilines is 1. The molecule has 0 unspecified atom stereocenters. The van der Waals surface area contributed by atoms with Crippen molar-refractivity contribution in [3.8, 4) is 5.69 Å². The van der Waals surface area contributed by atoms with Crippen LogP contribution >= 0.6 is 11.3 Å². The molecule has 0 fully saturated rings. The molecule has 0 saturated heterocycles. The Kier molecular flexibility index (Phi) is 4.85. The normalized spacial score (nSPS) is 10.3. The molecule has 7 heteroatoms. The fourth-order valence-electron chi connectivity index (χ4n) is 2.50. The lowest BCUT2D eigenvalue weighted by Crippen LogP contribution is -2.44. The smallest absolute Gasteiger partial charge is 0.322 e. The number of carbonyl (C=O) groups is 2. The molecular weight excluding hydrogens is 336 g/mol. The van der Waals surface area contributed by atoms with Crippen molar-refractivity contribution in [2.45, 2.75) is 13.8 Å². The maximum absolute atomic E-state index is 12.4. The number of amides is 3. The summed E-state index contributed by atoms with van der Waals surface area (Å²) < 4.78 is 1.85. The Morgan fingerprint density at radius 3 is 2.32 bits per heavy atom. The zero-order chi connectivity index (χ0) is 17.8. The van der Waals surface area contributed by atoms with Crippen molar-refractivity contribution in [3.63, 3.8) is 0 Å². The van der Waals surface area contributed by atoms with Crippen molar-refractivity contribution in [3.05, 3.63) is 70.2 Å². The second-order valence-corrected chi connectivity index (χ2v) is 6.44. The van der Waals surface area contributed by atoms with Gasteiger partial charge in [0, 0.05) is 18.1 Å². The number of hydrazine groups is 1. The summed E-state index contributed by atoms with van der Waals surface area (Å²) in [6.45, 7) is 3.83. The molecule has 0 saturated carbocycles. The number of thiophene rings is 1. The summed E-state index contributed by atoms with van der Waals surface area (Å²) in [5.74, 6) is -0.365. The van der Waals surface area contributed by atoms with E-state index in [4.69, 9.17) is 0 Å². The first-order valence-corrected chi connectivity index (χ1v) is 8.58. The molecule has 0 bridgehead atoms. The van der Waals surface area contributed by atoms with Gasteiger partial charge < -0.3 is 9.88 Å². The number of hydrogen-bond acceptors (Lipinski definition) is 3. The van der Waals surface area contributed by atoms with E-state index >= 15 is 0 Å². The Balaban J connectivity index is 1.63. The lowest BCUT2D eigenvalue weighted by Gasteiger charge is -2.13. The van der Waals surface area contributed by atoms with Crippen molar-refractivity contribution in [1.82, 2.24) is 15.4 Å². The highest BCUT2D eigenvalue weighted by molar-refractivity contribution is 7.12. The van der Waals surface area contributed by atoms with Gasteiger partial charge in [-0.15, -0.1) is 11.3 Å². The maximum atomic E-state index is 12.4. The number of aryl methyl sites for hydroxylation is 2. The van der Waals surface area contributed by atoms with Crippen LogP contribution in [0.2, 0.25) is 0 Å². The van der Waals surface area contributed by atoms with Gasteiger partial charge in [-0.1, -0.05) is 18.2 Å². The van der Waals surface area contributed by atoms with E-state index in [2.05, 4.69) is 16.2 Å². The van der Waals surface area contributed by atoms with Crippen LogP contribution in [-0.4, -0.2) is 16.5 Å². The molecule has 25 heavy (non-hydrogen) atoms. The first-order valence-electron chi connectivity index (χ1n) is 7.70. The van der Waals surface area contributed by atoms with Gasteiger partial charge in [-0.2, -0.15) is 0 Å². The lowest BCUT2D eigenvalue weighted by atomic mass is 10.1. The monoisotopic (exact) mass is 354 g/mol. The van der Waals surface area contributed by atoms with Crippen LogP contribution < -0.4 is 16.2 Å². The van der Waals surface area contributed by atoms with E-state index in [1.807, 2.05) is 72.6 Å². The highest BCUT2D eigenvalue weighted by Gasteiger charge is 2.15. The molecule has 2 heterocycles. The largest absolute Gasteiger partial charge is 0.337 e. The van der Waals surface area contributed by atoms with Crippen LogP contribution in [0.5, 0.6) is 0 Å². The summed E-state index contributed by atoms with van der Waals surface area (Å²) in [5.41, 5.74) is 8.25. The third kappa shape index (κ3) is 3.72. The third-order valence-corrected chi connectivity index (χ3v) is 4.64. The molecule has 1 aromatic carbocycles. The van der Waals surface area contributed by atoms with E-state index in [1.165, 1.54) is 11.3 Å². The summed E-state index contributed by atoms with van der Waals surface area (Å²) in [5, 5.41) is 4.59. The number of nitrogens with one attached hydrogen (secondary N) is 3. The summed E-state index contributed by atoms with van der Waals surface area (Å²) in [6.07, 6.45) is 3.72. The molecule has 0 spiro atoms. The lowest BCUT2D eigenvalue weighted by molar-refractivity contribution is 0.0942. The number of aromatic nitrogens is 1. The predicted molar refractivity (Wildman–Crippen MR) is 99.2 cm³/mol. The van der Waals surface area contributed by atoms with E-state index in [9.17, 15) is 9.59 Å². The number of carbonyl (C=O) groups excluding carboxylic acids is 2. The predicted octanol–water partition coefficient (Wildman–Crippen LogP) is 3.62. The van der Waals surface area contributed by atoms with Crippen molar-refractivity contribution < 1.29 is 9.59 Å². The van der Waals surface area contributed by atoms with Crippen LogP contribution in [0.4, 0.5) is 10.5 Å². The highest BCUT2D eigenvalue weighted by atomic mass is 32.1. The maximum Gasteiger partial charge on any atom is 0.337 e. The molecule has 0 aliphatic carbocycles. The van der Waals surface area contributed by atoms with Gasteiger partial charge in [-0.25, -0.2) is 10.2 Å². The minimum atomic E-state index is -0.496. The molecule has 0 aliphatic heterocycles. The third-order valence-electron chi connectivity index (χ3n) is 3.74. The Morgan fingerprint density at radius 2 is 1.64 bits per heavy atom. The van der Waals surface area contributed by atoms with Gasteiger partial charge in [0.1, 0.15) is 4.88 Å². The fraction of sp³-hybridized carbons (Fsp3) is 0.111. The zero-order valence-corrected chi connectivity index (χ0v) is 14.7. The summed E-state index contributed by atoms with van der Waals surface area (Å²) in [6, 6.07) is 10.9. The molecule has 128 valence electrons. The molecule has 3 N–H and O–H groups in total. The summed E-state index contributed by atoms with van der Waals surface area (Å²) in [7, 11) is 0. The Labute approximate surface area is 149 Å². The molecule has 0 aliphatic rings. The van der Waals surface area contributed by atoms with E-state index in [1.54, 1.807) is 0 Å². The van der Waals surface area contributed by atoms with Gasteiger partial charge in [0.2, 0.25) is 0 Å². The molecule has 3 amide bonds. The number of benzene rings is 1.